The molecule has 53 heavy (non-hydrogen) atoms. The summed E-state index contributed by atoms with van der Waals surface area (Å²) in [6.07, 6.45) is 5.95. The van der Waals surface area contributed by atoms with Crippen LogP contribution in [0.1, 0.15) is 74.0 Å². The molecule has 0 N–H and O–H groups in total. The fraction of sp³-hybridized carbons (Fsp3) is 0.214. The van der Waals surface area contributed by atoms with Crippen LogP contribution in [0.3, 0.4) is 0 Å². The largest absolute Gasteiger partial charge is 0.465 e. The SMILES string of the molecule is CCCCCN(Cc1ccc(C)cc1)C(=O)c1ccc2c3ncc(C)c4c(C(=O)Oc5c(Cl)cc(Cl)cc5Cl)ccc(c5ncc(C(=O)OC)c1c25)c43. The third-order valence-corrected chi connectivity index (χ3v) is 10.4. The lowest BCUT2D eigenvalue weighted by atomic mass is 9.88. The summed E-state index contributed by atoms with van der Waals surface area (Å²) in [4.78, 5) is 53.4. The average Bonchev–Trinajstić information content (AvgIpc) is 3.15. The number of halogens is 3. The smallest absolute Gasteiger partial charge is 0.344 e. The van der Waals surface area contributed by atoms with Gasteiger partial charge < -0.3 is 14.4 Å². The van der Waals surface area contributed by atoms with E-state index in [1.165, 1.54) is 25.4 Å². The lowest BCUT2D eigenvalue weighted by molar-refractivity contribution is 0.0602. The molecule has 7 aromatic rings. The maximum Gasteiger partial charge on any atom is 0.344 e. The van der Waals surface area contributed by atoms with E-state index in [1.54, 1.807) is 24.4 Å². The third-order valence-electron chi connectivity index (χ3n) is 9.59. The van der Waals surface area contributed by atoms with E-state index < -0.39 is 11.9 Å². The molecule has 7 rings (SSSR count). The van der Waals surface area contributed by atoms with E-state index in [0.717, 1.165) is 36.0 Å². The van der Waals surface area contributed by atoms with Crippen LogP contribution >= 0.6 is 34.8 Å². The van der Waals surface area contributed by atoms with Gasteiger partial charge in [-0.2, -0.15) is 0 Å². The van der Waals surface area contributed by atoms with E-state index in [2.05, 4.69) is 6.92 Å². The Morgan fingerprint density at radius 1 is 0.717 bits per heavy atom. The fourth-order valence-corrected chi connectivity index (χ4v) is 7.91. The Morgan fingerprint density at radius 3 is 1.98 bits per heavy atom. The molecule has 0 saturated carbocycles. The summed E-state index contributed by atoms with van der Waals surface area (Å²) in [6, 6.07) is 18.1. The maximum absolute atomic E-state index is 14.7. The summed E-state index contributed by atoms with van der Waals surface area (Å²) < 4.78 is 11.0. The first-order valence-corrected chi connectivity index (χ1v) is 18.3. The summed E-state index contributed by atoms with van der Waals surface area (Å²) >= 11 is 18.8. The molecule has 0 fully saturated rings. The number of aromatic nitrogens is 2. The topological polar surface area (TPSA) is 98.7 Å². The number of aryl methyl sites for hydroxylation is 2. The van der Waals surface area contributed by atoms with Gasteiger partial charge in [0.05, 0.1) is 39.3 Å². The number of pyridine rings is 2. The zero-order chi connectivity index (χ0) is 37.6. The zero-order valence-corrected chi connectivity index (χ0v) is 31.7. The normalized spacial score (nSPS) is 11.5. The second-order valence-electron chi connectivity index (χ2n) is 13.1. The molecule has 2 aromatic heterocycles. The van der Waals surface area contributed by atoms with E-state index in [4.69, 9.17) is 54.2 Å². The quantitative estimate of drug-likeness (QED) is 0.0449. The van der Waals surface area contributed by atoms with E-state index >= 15 is 0 Å². The van der Waals surface area contributed by atoms with Crippen molar-refractivity contribution >= 4 is 96.0 Å². The van der Waals surface area contributed by atoms with Gasteiger partial charge in [0.2, 0.25) is 0 Å². The highest BCUT2D eigenvalue weighted by Gasteiger charge is 2.28. The van der Waals surface area contributed by atoms with Crippen LogP contribution in [-0.4, -0.2) is 46.4 Å². The number of carbonyl (C=O) groups is 3. The Kier molecular flexibility index (Phi) is 10.1. The number of hydrogen-bond donors (Lipinski definition) is 0. The number of rotatable bonds is 10. The van der Waals surface area contributed by atoms with E-state index in [1.807, 2.05) is 49.1 Å². The van der Waals surface area contributed by atoms with Gasteiger partial charge in [0, 0.05) is 68.4 Å². The van der Waals surface area contributed by atoms with Crippen molar-refractivity contribution in [1.82, 2.24) is 14.9 Å². The molecule has 0 saturated heterocycles. The molecule has 0 aliphatic heterocycles. The van der Waals surface area contributed by atoms with Gasteiger partial charge in [-0.15, -0.1) is 0 Å². The zero-order valence-electron chi connectivity index (χ0n) is 29.5. The molecule has 1 amide bonds. The van der Waals surface area contributed by atoms with Crippen LogP contribution in [0.4, 0.5) is 0 Å². The van der Waals surface area contributed by atoms with Crippen LogP contribution in [-0.2, 0) is 11.3 Å². The van der Waals surface area contributed by atoms with Crippen molar-refractivity contribution in [1.29, 1.82) is 0 Å². The highest BCUT2D eigenvalue weighted by atomic mass is 35.5. The van der Waals surface area contributed by atoms with Gasteiger partial charge in [0.1, 0.15) is 0 Å². The Labute approximate surface area is 320 Å². The minimum Gasteiger partial charge on any atom is -0.465 e. The first-order valence-electron chi connectivity index (χ1n) is 17.2. The maximum atomic E-state index is 14.7. The van der Waals surface area contributed by atoms with Gasteiger partial charge in [-0.05, 0) is 55.7 Å². The van der Waals surface area contributed by atoms with Crippen molar-refractivity contribution in [2.75, 3.05) is 13.7 Å². The lowest BCUT2D eigenvalue weighted by Crippen LogP contribution is -2.32. The Bertz CT molecular complexity index is 2550. The Balaban J connectivity index is 1.44. The number of benzene rings is 5. The molecule has 0 atom stereocenters. The molecule has 5 aromatic carbocycles. The first-order chi connectivity index (χ1) is 25.5. The number of fused-ring (bicyclic) bond motifs is 2. The van der Waals surface area contributed by atoms with Crippen LogP contribution < -0.4 is 4.74 Å². The second-order valence-corrected chi connectivity index (χ2v) is 14.4. The molecule has 268 valence electrons. The molecule has 0 radical (unpaired) electrons. The summed E-state index contributed by atoms with van der Waals surface area (Å²) in [7, 11) is 1.30. The van der Waals surface area contributed by atoms with Gasteiger partial charge in [-0.3, -0.25) is 14.8 Å². The molecule has 0 bridgehead atoms. The molecule has 0 spiro atoms. The highest BCUT2D eigenvalue weighted by Crippen LogP contribution is 2.43. The van der Waals surface area contributed by atoms with Crippen LogP contribution in [0.2, 0.25) is 15.1 Å². The number of esters is 2. The Morgan fingerprint density at radius 2 is 1.34 bits per heavy atom. The van der Waals surface area contributed by atoms with Crippen LogP contribution in [0, 0.1) is 13.8 Å². The summed E-state index contributed by atoms with van der Waals surface area (Å²) in [5, 5.41) is 4.16. The summed E-state index contributed by atoms with van der Waals surface area (Å²) in [6.45, 7) is 6.96. The van der Waals surface area contributed by atoms with Crippen molar-refractivity contribution in [3.8, 4) is 5.75 Å². The van der Waals surface area contributed by atoms with Crippen molar-refractivity contribution in [3.63, 3.8) is 0 Å². The number of hydrogen-bond acceptors (Lipinski definition) is 7. The van der Waals surface area contributed by atoms with Gasteiger partial charge in [0.25, 0.3) is 5.91 Å². The molecule has 0 aliphatic rings. The van der Waals surface area contributed by atoms with Gasteiger partial charge in [-0.25, -0.2) is 9.59 Å². The molecule has 2 heterocycles. The fourth-order valence-electron chi connectivity index (χ4n) is 7.01. The highest BCUT2D eigenvalue weighted by molar-refractivity contribution is 6.40. The lowest BCUT2D eigenvalue weighted by Gasteiger charge is -2.25. The molecule has 8 nitrogen and oxygen atoms in total. The minimum absolute atomic E-state index is 0.00517. The minimum atomic E-state index is -0.675. The van der Waals surface area contributed by atoms with E-state index in [0.29, 0.717) is 67.0 Å². The number of amides is 1. The number of ether oxygens (including phenoxy) is 2. The third kappa shape index (κ3) is 6.60. The number of unbranched alkanes of at least 4 members (excludes halogenated alkanes) is 2. The predicted octanol–water partition coefficient (Wildman–Crippen LogP) is 10.9. The number of nitrogens with zero attached hydrogens (tertiary/aromatic N) is 3. The summed E-state index contributed by atoms with van der Waals surface area (Å²) in [5.41, 5.74) is 4.78. The monoisotopic (exact) mass is 765 g/mol. The van der Waals surface area contributed by atoms with E-state index in [9.17, 15) is 14.4 Å². The first kappa shape index (κ1) is 36.3. The van der Waals surface area contributed by atoms with Crippen LogP contribution in [0.25, 0.3) is 43.4 Å². The van der Waals surface area contributed by atoms with Gasteiger partial charge >= 0.3 is 11.9 Å². The second kappa shape index (κ2) is 14.8. The Hall–Kier alpha value is -5.02. The average molecular weight is 767 g/mol. The number of methoxy groups -OCH3 is 1. The standard InChI is InChI=1S/C42H34Cl3N3O5/c1-5-6-7-16-48(21-24-10-8-22(2)9-11-24)40(49)28-14-12-27-36-34(28)30(41(50)52-4)20-47-38(36)26-13-15-29(33-23(3)19-46-37(27)35(26)33)42(51)53-39-31(44)17-25(43)18-32(39)45/h8-15,17-20H,5-7,16,21H2,1-4H3. The molecule has 0 aliphatic carbocycles. The van der Waals surface area contributed by atoms with Crippen LogP contribution in [0.15, 0.2) is 73.1 Å². The van der Waals surface area contributed by atoms with Crippen molar-refractivity contribution in [2.45, 2.75) is 46.6 Å². The van der Waals surface area contributed by atoms with Crippen LogP contribution in [0.5, 0.6) is 5.75 Å². The van der Waals surface area contributed by atoms with Crippen molar-refractivity contribution in [2.24, 2.45) is 0 Å². The van der Waals surface area contributed by atoms with E-state index in [-0.39, 0.29) is 32.8 Å². The van der Waals surface area contributed by atoms with Crippen molar-refractivity contribution < 1.29 is 23.9 Å². The van der Waals surface area contributed by atoms with Crippen molar-refractivity contribution in [3.05, 3.63) is 122 Å². The predicted molar refractivity (Wildman–Crippen MR) is 211 cm³/mol. The molecular formula is C42H34Cl3N3O5. The molecule has 0 unspecified atom stereocenters. The van der Waals surface area contributed by atoms with Gasteiger partial charge in [0.15, 0.2) is 5.75 Å². The summed E-state index contributed by atoms with van der Waals surface area (Å²) in [5.74, 6) is -1.50. The molecule has 11 heteroatoms. The number of carbonyl (C=O) groups excluding carboxylic acids is 3. The van der Waals surface area contributed by atoms with Gasteiger partial charge in [-0.1, -0.05) is 96.5 Å². The molecular weight excluding hydrogens is 733 g/mol.